The van der Waals surface area contributed by atoms with Crippen LogP contribution in [-0.4, -0.2) is 45.3 Å². The SMILES string of the molecule is CC(=O)[C@H](C)NP(=O)(OC[C@H]1O[C@@H](n2cc(C)c(=O)[nH]c2=O)C[C@H]1O)Oc1ccccc1.[3HH]. The Morgan fingerprint density at radius 2 is 2.09 bits per heavy atom. The molecule has 2 heterocycles. The van der Waals surface area contributed by atoms with Gasteiger partial charge in [0.1, 0.15) is 23.9 Å². The van der Waals surface area contributed by atoms with Crippen LogP contribution in [0.15, 0.2) is 46.1 Å². The highest BCUT2D eigenvalue weighted by molar-refractivity contribution is 7.52. The van der Waals surface area contributed by atoms with Crippen molar-refractivity contribution >= 4 is 13.5 Å². The summed E-state index contributed by atoms with van der Waals surface area (Å²) in [5.41, 5.74) is -0.866. The van der Waals surface area contributed by atoms with Crippen molar-refractivity contribution in [3.8, 4) is 5.75 Å². The number of hydrogen-bond donors (Lipinski definition) is 3. The predicted octanol–water partition coefficient (Wildman–Crippen LogP) is 1.51. The number of H-pyrrole nitrogens is 1. The third-order valence-corrected chi connectivity index (χ3v) is 6.64. The van der Waals surface area contributed by atoms with Crippen molar-refractivity contribution < 1.29 is 29.7 Å². The van der Waals surface area contributed by atoms with Crippen molar-refractivity contribution in [1.29, 1.82) is 0 Å². The van der Waals surface area contributed by atoms with E-state index < -0.39 is 43.5 Å². The molecule has 0 aliphatic carbocycles. The Bertz CT molecular complexity index is 1120. The van der Waals surface area contributed by atoms with Crippen LogP contribution in [0, 0.1) is 6.92 Å². The normalized spacial score (nSPS) is 23.4. The molecule has 3 rings (SSSR count). The number of ether oxygens (including phenoxy) is 1. The Morgan fingerprint density at radius 1 is 1.41 bits per heavy atom. The Morgan fingerprint density at radius 3 is 2.75 bits per heavy atom. The fraction of sp³-hybridized carbons (Fsp3) is 0.450. The zero-order chi connectivity index (χ0) is 23.5. The number of aromatic nitrogens is 2. The number of Topliss-reactive ketones (excluding diaryl/α,β-unsaturated/α-hetero) is 1. The molecule has 32 heavy (non-hydrogen) atoms. The van der Waals surface area contributed by atoms with Gasteiger partial charge in [0.05, 0.1) is 18.8 Å². The Hall–Kier alpha value is -2.56. The first-order chi connectivity index (χ1) is 15.1. The van der Waals surface area contributed by atoms with Gasteiger partial charge in [0.15, 0.2) is 0 Å². The van der Waals surface area contributed by atoms with Crippen LogP contribution in [0.4, 0.5) is 0 Å². The standard InChI is InChI=1S/C20H26N3O8P.H2/c1-12-10-23(20(27)21-19(12)26)18-9-16(25)17(30-18)11-29-32(28,22-13(2)14(3)24)31-15-7-5-4-6-8-15;/h4-8,10,13,16-18,25H,9,11H2,1-3H3,(H,22,28)(H,21,26,27);1H/t13-,16+,17+,18+,32?;/m0./s1/i;1+2. The van der Waals surface area contributed by atoms with Gasteiger partial charge in [-0.05, 0) is 32.9 Å². The van der Waals surface area contributed by atoms with E-state index in [0.29, 0.717) is 5.56 Å². The van der Waals surface area contributed by atoms with E-state index >= 15 is 0 Å². The fourth-order valence-corrected chi connectivity index (χ4v) is 4.62. The van der Waals surface area contributed by atoms with Gasteiger partial charge in [0.25, 0.3) is 5.56 Å². The van der Waals surface area contributed by atoms with Gasteiger partial charge in [-0.3, -0.25) is 23.7 Å². The second-order valence-electron chi connectivity index (χ2n) is 7.57. The molecule has 1 aromatic heterocycles. The molecule has 1 saturated heterocycles. The Balaban J connectivity index is 0.00000385. The minimum Gasteiger partial charge on any atom is -0.413 e. The van der Waals surface area contributed by atoms with Crippen molar-refractivity contribution in [2.75, 3.05) is 6.61 Å². The number of benzene rings is 1. The number of nitrogens with one attached hydrogen (secondary N) is 2. The van der Waals surface area contributed by atoms with Crippen LogP contribution < -0.4 is 20.9 Å². The third kappa shape index (κ3) is 5.81. The molecule has 0 saturated carbocycles. The average molecular weight is 471 g/mol. The van der Waals surface area contributed by atoms with E-state index in [1.165, 1.54) is 24.6 Å². The summed E-state index contributed by atoms with van der Waals surface area (Å²) in [4.78, 5) is 37.5. The number of hydrogen-bond acceptors (Lipinski definition) is 8. The smallest absolute Gasteiger partial charge is 0.413 e. The molecule has 1 aliphatic rings. The molecule has 176 valence electrons. The van der Waals surface area contributed by atoms with Gasteiger partial charge < -0.3 is 14.4 Å². The lowest BCUT2D eigenvalue weighted by molar-refractivity contribution is -0.118. The van der Waals surface area contributed by atoms with E-state index in [2.05, 4.69) is 10.1 Å². The summed E-state index contributed by atoms with van der Waals surface area (Å²) in [5.74, 6) is -0.00404. The van der Waals surface area contributed by atoms with E-state index in [-0.39, 0.29) is 26.0 Å². The number of nitrogens with zero attached hydrogens (tertiary/aromatic N) is 1. The number of aromatic amines is 1. The molecule has 0 spiro atoms. The number of carbonyl (C=O) groups excluding carboxylic acids is 1. The molecule has 5 atom stereocenters. The molecule has 2 aromatic rings. The number of aliphatic hydroxyl groups is 1. The van der Waals surface area contributed by atoms with Crippen LogP contribution >= 0.6 is 7.75 Å². The summed E-state index contributed by atoms with van der Waals surface area (Å²) in [6, 6.07) is 7.48. The maximum atomic E-state index is 13.3. The van der Waals surface area contributed by atoms with E-state index in [4.69, 9.17) is 13.8 Å². The summed E-state index contributed by atoms with van der Waals surface area (Å²) in [6.45, 7) is 4.06. The first kappa shape index (κ1) is 24.1. The Kier molecular flexibility index (Phi) is 7.47. The van der Waals surface area contributed by atoms with Gasteiger partial charge in [-0.1, -0.05) is 18.2 Å². The minimum atomic E-state index is -4.02. The van der Waals surface area contributed by atoms with Gasteiger partial charge in [0, 0.05) is 19.6 Å². The molecule has 1 unspecified atom stereocenters. The summed E-state index contributed by atoms with van der Waals surface area (Å²) in [6.07, 6.45) is -1.40. The van der Waals surface area contributed by atoms with Crippen LogP contribution in [0.1, 0.15) is 33.5 Å². The molecule has 0 bridgehead atoms. The third-order valence-electron chi connectivity index (χ3n) is 5.00. The van der Waals surface area contributed by atoms with E-state index in [1.54, 1.807) is 37.3 Å². The zero-order valence-electron chi connectivity index (χ0n) is 17.9. The van der Waals surface area contributed by atoms with Crippen molar-refractivity contribution in [1.82, 2.24) is 14.6 Å². The molecule has 0 amide bonds. The number of aryl methyl sites for hydroxylation is 1. The van der Waals surface area contributed by atoms with Crippen LogP contribution in [-0.2, 0) is 18.6 Å². The van der Waals surface area contributed by atoms with Crippen LogP contribution in [0.25, 0.3) is 0 Å². The second kappa shape index (κ2) is 9.93. The predicted molar refractivity (Wildman–Crippen MR) is 117 cm³/mol. The van der Waals surface area contributed by atoms with Crippen molar-refractivity contribution in [3.63, 3.8) is 0 Å². The summed E-state index contributed by atoms with van der Waals surface area (Å²) in [7, 11) is -4.02. The first-order valence-electron chi connectivity index (χ1n) is 10.0. The maximum absolute atomic E-state index is 13.3. The van der Waals surface area contributed by atoms with Gasteiger partial charge in [-0.15, -0.1) is 0 Å². The molecule has 0 radical (unpaired) electrons. The molecule has 3 N–H and O–H groups in total. The van der Waals surface area contributed by atoms with Gasteiger partial charge in [-0.2, -0.15) is 0 Å². The maximum Gasteiger partial charge on any atom is 0.459 e. The number of rotatable bonds is 9. The molecular weight excluding hydrogens is 441 g/mol. The highest BCUT2D eigenvalue weighted by Gasteiger charge is 2.39. The summed E-state index contributed by atoms with van der Waals surface area (Å²) < 4.78 is 31.2. The molecular formula is C20H28N3O8P. The van der Waals surface area contributed by atoms with Gasteiger partial charge >= 0.3 is 13.4 Å². The van der Waals surface area contributed by atoms with Crippen LogP contribution in [0.3, 0.4) is 0 Å². The lowest BCUT2D eigenvalue weighted by Gasteiger charge is -2.24. The Labute approximate surface area is 185 Å². The minimum absolute atomic E-state index is 0. The van der Waals surface area contributed by atoms with E-state index in [1.807, 2.05) is 0 Å². The molecule has 1 aliphatic heterocycles. The largest absolute Gasteiger partial charge is 0.459 e. The highest BCUT2D eigenvalue weighted by atomic mass is 31.2. The second-order valence-corrected chi connectivity index (χ2v) is 9.26. The number of ketones is 1. The summed E-state index contributed by atoms with van der Waals surface area (Å²) >= 11 is 0. The zero-order valence-corrected chi connectivity index (χ0v) is 18.8. The first-order valence-corrected chi connectivity index (χ1v) is 11.6. The molecule has 1 fully saturated rings. The summed E-state index contributed by atoms with van der Waals surface area (Å²) in [5, 5.41) is 13.0. The van der Waals surface area contributed by atoms with Crippen molar-refractivity contribution in [2.45, 2.75) is 51.7 Å². The topological polar surface area (TPSA) is 149 Å². The van der Waals surface area contributed by atoms with Gasteiger partial charge in [-0.25, -0.2) is 14.4 Å². The lowest BCUT2D eigenvalue weighted by Crippen LogP contribution is -2.34. The molecule has 12 heteroatoms. The lowest BCUT2D eigenvalue weighted by atomic mass is 10.2. The van der Waals surface area contributed by atoms with Crippen molar-refractivity contribution in [2.24, 2.45) is 0 Å². The average Bonchev–Trinajstić information content (AvgIpc) is 3.10. The monoisotopic (exact) mass is 471 g/mol. The number of aliphatic hydroxyl groups excluding tert-OH is 1. The van der Waals surface area contributed by atoms with Crippen LogP contribution in [0.2, 0.25) is 0 Å². The molecule has 11 nitrogen and oxygen atoms in total. The highest BCUT2D eigenvalue weighted by Crippen LogP contribution is 2.45. The van der Waals surface area contributed by atoms with Crippen LogP contribution in [0.5, 0.6) is 5.75 Å². The molecule has 1 aromatic carbocycles. The number of para-hydroxylation sites is 1. The number of carbonyl (C=O) groups is 1. The van der Waals surface area contributed by atoms with Gasteiger partial charge in [0.2, 0.25) is 0 Å². The quantitative estimate of drug-likeness (QED) is 0.463. The van der Waals surface area contributed by atoms with Crippen molar-refractivity contribution in [3.05, 3.63) is 62.9 Å². The van der Waals surface area contributed by atoms with E-state index in [9.17, 15) is 24.1 Å². The fourth-order valence-electron chi connectivity index (χ4n) is 3.05. The van der Waals surface area contributed by atoms with E-state index in [0.717, 1.165) is 0 Å².